The third-order valence-corrected chi connectivity index (χ3v) is 3.82. The van der Waals surface area contributed by atoms with Gasteiger partial charge in [0.2, 0.25) is 0 Å². The van der Waals surface area contributed by atoms with Crippen LogP contribution in [-0.4, -0.2) is 5.11 Å². The molecule has 1 aliphatic carbocycles. The van der Waals surface area contributed by atoms with Gasteiger partial charge in [0.15, 0.2) is 5.11 Å². The number of rotatable bonds is 1. The predicted molar refractivity (Wildman–Crippen MR) is 73.9 cm³/mol. The van der Waals surface area contributed by atoms with Gasteiger partial charge < -0.3 is 10.6 Å². The van der Waals surface area contributed by atoms with Crippen LogP contribution in [0.25, 0.3) is 0 Å². The van der Waals surface area contributed by atoms with Gasteiger partial charge in [0.1, 0.15) is 0 Å². The lowest BCUT2D eigenvalue weighted by Gasteiger charge is -2.29. The summed E-state index contributed by atoms with van der Waals surface area (Å²) in [7, 11) is 0. The van der Waals surface area contributed by atoms with Crippen LogP contribution in [0.5, 0.6) is 0 Å². The second kappa shape index (κ2) is 4.31. The van der Waals surface area contributed by atoms with Crippen LogP contribution in [-0.2, 0) is 0 Å². The Balaban J connectivity index is 1.98. The van der Waals surface area contributed by atoms with E-state index in [4.69, 9.17) is 23.8 Å². The summed E-state index contributed by atoms with van der Waals surface area (Å²) in [5, 5.41) is 8.10. The van der Waals surface area contributed by atoms with Crippen molar-refractivity contribution in [2.45, 2.75) is 25.3 Å². The minimum absolute atomic E-state index is 0.221. The summed E-state index contributed by atoms with van der Waals surface area (Å²) < 4.78 is 0. The summed E-state index contributed by atoms with van der Waals surface area (Å²) in [5.74, 6) is 0. The van der Waals surface area contributed by atoms with Gasteiger partial charge >= 0.3 is 0 Å². The van der Waals surface area contributed by atoms with Crippen LogP contribution in [0.1, 0.15) is 30.9 Å². The highest BCUT2D eigenvalue weighted by Gasteiger charge is 2.28. The van der Waals surface area contributed by atoms with Crippen LogP contribution < -0.4 is 10.6 Å². The Morgan fingerprint density at radius 1 is 1.18 bits per heavy atom. The minimum Gasteiger partial charge on any atom is -0.352 e. The highest BCUT2D eigenvalue weighted by atomic mass is 35.5. The number of thiocarbonyl (C=S) groups is 1. The van der Waals surface area contributed by atoms with Crippen molar-refractivity contribution in [2.75, 3.05) is 0 Å². The average Bonchev–Trinajstić information content (AvgIpc) is 2.77. The van der Waals surface area contributed by atoms with Crippen molar-refractivity contribution in [3.8, 4) is 0 Å². The van der Waals surface area contributed by atoms with Crippen LogP contribution in [0, 0.1) is 0 Å². The molecular formula is C13H13ClN2S. The Bertz CT molecular complexity index is 493. The Kier molecular flexibility index (Phi) is 2.81. The van der Waals surface area contributed by atoms with Gasteiger partial charge in [0.25, 0.3) is 0 Å². The zero-order valence-electron chi connectivity index (χ0n) is 9.29. The van der Waals surface area contributed by atoms with E-state index >= 15 is 0 Å². The van der Waals surface area contributed by atoms with Crippen LogP contribution in [0.2, 0.25) is 5.02 Å². The quantitative estimate of drug-likeness (QED) is 0.761. The second-order valence-electron chi connectivity index (χ2n) is 4.44. The van der Waals surface area contributed by atoms with Crippen molar-refractivity contribution >= 4 is 28.9 Å². The second-order valence-corrected chi connectivity index (χ2v) is 5.29. The van der Waals surface area contributed by atoms with E-state index in [9.17, 15) is 0 Å². The number of hydrogen-bond donors (Lipinski definition) is 2. The largest absolute Gasteiger partial charge is 0.352 e. The summed E-state index contributed by atoms with van der Waals surface area (Å²) in [5.41, 5.74) is 3.99. The molecule has 0 radical (unpaired) electrons. The molecule has 1 atom stereocenters. The van der Waals surface area contributed by atoms with E-state index < -0.39 is 0 Å². The molecule has 1 aliphatic heterocycles. The Hall–Kier alpha value is -1.06. The van der Waals surface area contributed by atoms with Crippen LogP contribution >= 0.6 is 23.8 Å². The molecule has 17 heavy (non-hydrogen) atoms. The van der Waals surface area contributed by atoms with Gasteiger partial charge in [-0.2, -0.15) is 0 Å². The molecule has 0 aromatic heterocycles. The highest BCUT2D eigenvalue weighted by Crippen LogP contribution is 2.36. The molecule has 0 fully saturated rings. The van der Waals surface area contributed by atoms with Crippen LogP contribution in [0.4, 0.5) is 0 Å². The van der Waals surface area contributed by atoms with E-state index in [1.807, 2.05) is 12.1 Å². The predicted octanol–water partition coefficient (Wildman–Crippen LogP) is 3.30. The molecule has 0 saturated heterocycles. The van der Waals surface area contributed by atoms with Crippen molar-refractivity contribution < 1.29 is 0 Å². The number of halogens is 1. The summed E-state index contributed by atoms with van der Waals surface area (Å²) in [6.07, 6.45) is 3.47. The molecule has 2 N–H and O–H groups in total. The maximum atomic E-state index is 5.92. The van der Waals surface area contributed by atoms with E-state index in [-0.39, 0.29) is 6.04 Å². The van der Waals surface area contributed by atoms with E-state index in [0.29, 0.717) is 0 Å². The molecule has 3 rings (SSSR count). The molecular weight excluding hydrogens is 252 g/mol. The van der Waals surface area contributed by atoms with Crippen molar-refractivity contribution in [2.24, 2.45) is 0 Å². The molecule has 0 spiro atoms. The fourth-order valence-corrected chi connectivity index (χ4v) is 2.93. The summed E-state index contributed by atoms with van der Waals surface area (Å²) in [6, 6.07) is 8.21. The third-order valence-electron chi connectivity index (χ3n) is 3.35. The maximum Gasteiger partial charge on any atom is 0.171 e. The molecule has 88 valence electrons. The number of allylic oxidation sites excluding steroid dienone is 1. The summed E-state index contributed by atoms with van der Waals surface area (Å²) in [4.78, 5) is 0. The molecule has 1 heterocycles. The minimum atomic E-state index is 0.221. The average molecular weight is 265 g/mol. The molecule has 1 aromatic carbocycles. The third kappa shape index (κ3) is 2.05. The van der Waals surface area contributed by atoms with Gasteiger partial charge in [-0.1, -0.05) is 23.7 Å². The first kappa shape index (κ1) is 11.1. The zero-order valence-corrected chi connectivity index (χ0v) is 10.9. The molecule has 4 heteroatoms. The molecule has 0 bridgehead atoms. The molecule has 0 unspecified atom stereocenters. The van der Waals surface area contributed by atoms with Crippen molar-refractivity contribution in [3.63, 3.8) is 0 Å². The lowest BCUT2D eigenvalue weighted by Crippen LogP contribution is -2.42. The summed E-state index contributed by atoms with van der Waals surface area (Å²) >= 11 is 11.2. The Morgan fingerprint density at radius 2 is 1.94 bits per heavy atom. The number of hydrogen-bond acceptors (Lipinski definition) is 1. The van der Waals surface area contributed by atoms with E-state index in [0.717, 1.165) is 23.0 Å². The molecule has 0 amide bonds. The Labute approximate surface area is 111 Å². The fourth-order valence-electron chi connectivity index (χ4n) is 2.56. The maximum absolute atomic E-state index is 5.92. The first-order chi connectivity index (χ1) is 8.24. The SMILES string of the molecule is S=C1NC2=C(CCC2)[C@H](c2ccc(Cl)cc2)N1. The molecule has 0 saturated carbocycles. The van der Waals surface area contributed by atoms with Gasteiger partial charge in [0.05, 0.1) is 6.04 Å². The molecule has 2 aliphatic rings. The fraction of sp³-hybridized carbons (Fsp3) is 0.308. The van der Waals surface area contributed by atoms with E-state index in [1.54, 1.807) is 0 Å². The Morgan fingerprint density at radius 3 is 2.71 bits per heavy atom. The lowest BCUT2D eigenvalue weighted by molar-refractivity contribution is 0.683. The van der Waals surface area contributed by atoms with Gasteiger partial charge in [-0.05, 0) is 54.7 Å². The van der Waals surface area contributed by atoms with Crippen molar-refractivity contribution in [1.29, 1.82) is 0 Å². The highest BCUT2D eigenvalue weighted by molar-refractivity contribution is 7.80. The van der Waals surface area contributed by atoms with Gasteiger partial charge in [-0.3, -0.25) is 0 Å². The van der Waals surface area contributed by atoms with Crippen molar-refractivity contribution in [1.82, 2.24) is 10.6 Å². The molecule has 2 nitrogen and oxygen atoms in total. The van der Waals surface area contributed by atoms with E-state index in [2.05, 4.69) is 22.8 Å². The van der Waals surface area contributed by atoms with Gasteiger partial charge in [0, 0.05) is 10.7 Å². The van der Waals surface area contributed by atoms with Crippen LogP contribution in [0.15, 0.2) is 35.5 Å². The van der Waals surface area contributed by atoms with E-state index in [1.165, 1.54) is 23.3 Å². The smallest absolute Gasteiger partial charge is 0.171 e. The zero-order chi connectivity index (χ0) is 11.8. The first-order valence-corrected chi connectivity index (χ1v) is 6.57. The molecule has 1 aromatic rings. The van der Waals surface area contributed by atoms with Gasteiger partial charge in [-0.15, -0.1) is 0 Å². The van der Waals surface area contributed by atoms with Crippen molar-refractivity contribution in [3.05, 3.63) is 46.1 Å². The van der Waals surface area contributed by atoms with Gasteiger partial charge in [-0.25, -0.2) is 0 Å². The van der Waals surface area contributed by atoms with Crippen LogP contribution in [0.3, 0.4) is 0 Å². The topological polar surface area (TPSA) is 24.1 Å². The monoisotopic (exact) mass is 264 g/mol. The standard InChI is InChI=1S/C13H13ClN2S/c14-9-6-4-8(5-7-9)12-10-2-1-3-11(10)15-13(17)16-12/h4-7,12H,1-3H2,(H2,15,16,17)/t12-/m0/s1. The number of benzene rings is 1. The number of nitrogens with one attached hydrogen (secondary N) is 2. The normalized spacial score (nSPS) is 23.1. The lowest BCUT2D eigenvalue weighted by atomic mass is 9.96. The first-order valence-electron chi connectivity index (χ1n) is 5.79. The summed E-state index contributed by atoms with van der Waals surface area (Å²) in [6.45, 7) is 0.